The van der Waals surface area contributed by atoms with Crippen LogP contribution >= 0.6 is 11.6 Å². The highest BCUT2D eigenvalue weighted by Crippen LogP contribution is 2.29. The molecule has 9 heteroatoms. The molecule has 1 aliphatic rings. The molecule has 2 aromatic heterocycles. The van der Waals surface area contributed by atoms with Gasteiger partial charge in [0, 0.05) is 48.7 Å². The Kier molecular flexibility index (Phi) is 5.59. The largest absolute Gasteiger partial charge is 0.370 e. The van der Waals surface area contributed by atoms with Crippen molar-refractivity contribution in [2.24, 2.45) is 0 Å². The number of benzene rings is 1. The number of halogens is 1. The van der Waals surface area contributed by atoms with Crippen LogP contribution < -0.4 is 10.6 Å². The predicted molar refractivity (Wildman–Crippen MR) is 116 cm³/mol. The zero-order chi connectivity index (χ0) is 21.3. The van der Waals surface area contributed by atoms with Crippen molar-refractivity contribution < 1.29 is 9.59 Å². The molecule has 2 N–H and O–H groups in total. The quantitative estimate of drug-likeness (QED) is 0.630. The number of nitrogens with one attached hydrogen (secondary N) is 2. The lowest BCUT2D eigenvalue weighted by Gasteiger charge is -2.15. The van der Waals surface area contributed by atoms with E-state index >= 15 is 0 Å². The van der Waals surface area contributed by atoms with Gasteiger partial charge < -0.3 is 15.5 Å². The van der Waals surface area contributed by atoms with Crippen molar-refractivity contribution in [2.45, 2.75) is 26.2 Å². The highest BCUT2D eigenvalue weighted by atomic mass is 35.5. The summed E-state index contributed by atoms with van der Waals surface area (Å²) >= 11 is 5.91. The molecule has 30 heavy (non-hydrogen) atoms. The fourth-order valence-corrected chi connectivity index (χ4v) is 3.79. The Bertz CT molecular complexity index is 1090. The number of fused-ring (bicyclic) bond motifs is 1. The van der Waals surface area contributed by atoms with Crippen molar-refractivity contribution in [3.05, 3.63) is 52.8 Å². The van der Waals surface area contributed by atoms with E-state index in [1.54, 1.807) is 28.8 Å². The fourth-order valence-electron chi connectivity index (χ4n) is 3.67. The first-order chi connectivity index (χ1) is 14.5. The van der Waals surface area contributed by atoms with E-state index in [-0.39, 0.29) is 17.7 Å². The number of likely N-dealkylation sites (N-methyl/N-ethyl adjacent to an activating group) is 1. The first-order valence-corrected chi connectivity index (χ1v) is 10.3. The summed E-state index contributed by atoms with van der Waals surface area (Å²) in [5.74, 6) is 0.549. The normalized spacial score (nSPS) is 16.3. The van der Waals surface area contributed by atoms with E-state index in [4.69, 9.17) is 16.6 Å². The van der Waals surface area contributed by atoms with Crippen molar-refractivity contribution in [3.63, 3.8) is 0 Å². The molecular formula is C21H23ClN6O2. The number of anilines is 2. The maximum atomic E-state index is 12.9. The predicted octanol–water partition coefficient (Wildman–Crippen LogP) is 3.40. The molecule has 0 unspecified atom stereocenters. The van der Waals surface area contributed by atoms with Crippen LogP contribution in [0.1, 0.15) is 42.2 Å². The Hall–Kier alpha value is -3.13. The summed E-state index contributed by atoms with van der Waals surface area (Å²) in [6, 6.07) is 8.81. The molecule has 1 aliphatic heterocycles. The monoisotopic (exact) mass is 426 g/mol. The molecule has 1 aromatic carbocycles. The van der Waals surface area contributed by atoms with E-state index in [9.17, 15) is 9.59 Å². The van der Waals surface area contributed by atoms with Crippen LogP contribution in [0.2, 0.25) is 5.02 Å². The van der Waals surface area contributed by atoms with Crippen LogP contribution in [-0.2, 0) is 4.79 Å². The van der Waals surface area contributed by atoms with E-state index in [2.05, 4.69) is 15.7 Å². The van der Waals surface area contributed by atoms with Gasteiger partial charge in [-0.2, -0.15) is 9.61 Å². The standard InChI is InChI=1S/C21H23ClN6O2/c1-3-23-18-10-17(13-9-19(29)27(4-2)12-13)26-20-16(11-24-28(18)20)21(30)25-15-7-5-14(22)6-8-15/h5-8,10-11,13,23H,3-4,9,12H2,1-2H3,(H,25,30)/t13-/m0/s1. The summed E-state index contributed by atoms with van der Waals surface area (Å²) in [7, 11) is 0. The number of nitrogens with zero attached hydrogens (tertiary/aromatic N) is 4. The SMILES string of the molecule is CCNc1cc([C@H]2CC(=O)N(CC)C2)nc2c(C(=O)Nc3ccc(Cl)cc3)cnn12. The van der Waals surface area contributed by atoms with Gasteiger partial charge in [0.25, 0.3) is 5.91 Å². The highest BCUT2D eigenvalue weighted by molar-refractivity contribution is 6.30. The summed E-state index contributed by atoms with van der Waals surface area (Å²) < 4.78 is 1.62. The van der Waals surface area contributed by atoms with Crippen molar-refractivity contribution in [1.82, 2.24) is 19.5 Å². The first kappa shape index (κ1) is 20.2. The highest BCUT2D eigenvalue weighted by Gasteiger charge is 2.31. The molecule has 1 atom stereocenters. The fraction of sp³-hybridized carbons (Fsp3) is 0.333. The number of hydrogen-bond acceptors (Lipinski definition) is 5. The first-order valence-electron chi connectivity index (χ1n) is 9.97. The molecule has 0 saturated carbocycles. The van der Waals surface area contributed by atoms with Gasteiger partial charge in [-0.1, -0.05) is 11.6 Å². The number of hydrogen-bond donors (Lipinski definition) is 2. The van der Waals surface area contributed by atoms with Gasteiger partial charge in [0.1, 0.15) is 11.4 Å². The van der Waals surface area contributed by atoms with Gasteiger partial charge in [0.15, 0.2) is 5.65 Å². The summed E-state index contributed by atoms with van der Waals surface area (Å²) in [6.45, 7) is 5.96. The lowest BCUT2D eigenvalue weighted by molar-refractivity contribution is -0.127. The van der Waals surface area contributed by atoms with Gasteiger partial charge in [-0.25, -0.2) is 4.98 Å². The molecule has 0 radical (unpaired) electrons. The zero-order valence-electron chi connectivity index (χ0n) is 16.9. The summed E-state index contributed by atoms with van der Waals surface area (Å²) in [5.41, 5.74) is 2.23. The zero-order valence-corrected chi connectivity index (χ0v) is 17.6. The van der Waals surface area contributed by atoms with E-state index in [1.165, 1.54) is 6.20 Å². The van der Waals surface area contributed by atoms with Crippen LogP contribution in [0.4, 0.5) is 11.5 Å². The molecule has 0 aliphatic carbocycles. The van der Waals surface area contributed by atoms with Crippen LogP contribution in [0.5, 0.6) is 0 Å². The van der Waals surface area contributed by atoms with Crippen molar-refractivity contribution in [3.8, 4) is 0 Å². The van der Waals surface area contributed by atoms with Gasteiger partial charge >= 0.3 is 0 Å². The minimum absolute atomic E-state index is 0.0121. The van der Waals surface area contributed by atoms with E-state index < -0.39 is 0 Å². The summed E-state index contributed by atoms with van der Waals surface area (Å²) in [4.78, 5) is 31.7. The lowest BCUT2D eigenvalue weighted by Crippen LogP contribution is -2.24. The number of carbonyl (C=O) groups is 2. The Balaban J connectivity index is 1.70. The maximum absolute atomic E-state index is 12.9. The van der Waals surface area contributed by atoms with Gasteiger partial charge in [-0.3, -0.25) is 9.59 Å². The Morgan fingerprint density at radius 2 is 2.03 bits per heavy atom. The molecule has 8 nitrogen and oxygen atoms in total. The molecule has 1 saturated heterocycles. The third kappa shape index (κ3) is 3.82. The smallest absolute Gasteiger partial charge is 0.261 e. The molecule has 2 amide bonds. The van der Waals surface area contributed by atoms with Crippen LogP contribution in [-0.4, -0.2) is 50.9 Å². The van der Waals surface area contributed by atoms with E-state index in [0.29, 0.717) is 48.0 Å². The van der Waals surface area contributed by atoms with Gasteiger partial charge in [-0.15, -0.1) is 0 Å². The number of rotatable bonds is 6. The Morgan fingerprint density at radius 1 is 1.27 bits per heavy atom. The molecule has 4 rings (SSSR count). The third-order valence-electron chi connectivity index (χ3n) is 5.21. The number of aromatic nitrogens is 3. The molecule has 0 spiro atoms. The average Bonchev–Trinajstić information content (AvgIpc) is 3.33. The van der Waals surface area contributed by atoms with Gasteiger partial charge in [0.05, 0.1) is 11.9 Å². The van der Waals surface area contributed by atoms with E-state index in [0.717, 1.165) is 11.5 Å². The maximum Gasteiger partial charge on any atom is 0.261 e. The molecular weight excluding hydrogens is 404 g/mol. The minimum atomic E-state index is -0.308. The molecule has 156 valence electrons. The van der Waals surface area contributed by atoms with Crippen molar-refractivity contribution in [1.29, 1.82) is 0 Å². The van der Waals surface area contributed by atoms with Crippen LogP contribution in [0, 0.1) is 0 Å². The van der Waals surface area contributed by atoms with Crippen molar-refractivity contribution in [2.75, 3.05) is 30.3 Å². The molecule has 0 bridgehead atoms. The van der Waals surface area contributed by atoms with Crippen molar-refractivity contribution >= 4 is 40.6 Å². The molecule has 3 aromatic rings. The number of carbonyl (C=O) groups excluding carboxylic acids is 2. The number of amides is 2. The second-order valence-electron chi connectivity index (χ2n) is 7.18. The molecule has 3 heterocycles. The topological polar surface area (TPSA) is 91.6 Å². The Labute approximate surface area is 179 Å². The van der Waals surface area contributed by atoms with Crippen LogP contribution in [0.25, 0.3) is 5.65 Å². The third-order valence-corrected chi connectivity index (χ3v) is 5.46. The second kappa shape index (κ2) is 8.31. The summed E-state index contributed by atoms with van der Waals surface area (Å²) in [5, 5.41) is 11.1. The lowest BCUT2D eigenvalue weighted by atomic mass is 10.0. The van der Waals surface area contributed by atoms with Gasteiger partial charge in [-0.05, 0) is 38.1 Å². The second-order valence-corrected chi connectivity index (χ2v) is 7.62. The number of likely N-dealkylation sites (tertiary alicyclic amines) is 1. The van der Waals surface area contributed by atoms with Crippen LogP contribution in [0.15, 0.2) is 36.5 Å². The molecule has 1 fully saturated rings. The van der Waals surface area contributed by atoms with E-state index in [1.807, 2.05) is 24.8 Å². The summed E-state index contributed by atoms with van der Waals surface area (Å²) in [6.07, 6.45) is 1.93. The minimum Gasteiger partial charge on any atom is -0.370 e. The average molecular weight is 427 g/mol. The van der Waals surface area contributed by atoms with Gasteiger partial charge in [0.2, 0.25) is 5.91 Å². The van der Waals surface area contributed by atoms with Crippen LogP contribution in [0.3, 0.4) is 0 Å². The Morgan fingerprint density at radius 3 is 2.70 bits per heavy atom.